The first kappa shape index (κ1) is 31.8. The number of aromatic hydroxyl groups is 2. The molecule has 6 aromatic carbocycles. The van der Waals surface area contributed by atoms with Crippen molar-refractivity contribution in [2.24, 2.45) is 0 Å². The molecule has 10 heteroatoms. The minimum atomic E-state index is -0.331. The summed E-state index contributed by atoms with van der Waals surface area (Å²) < 4.78 is 23.0. The number of carbonyl (C=O) groups excluding carboxylic acids is 2. The number of Topliss-reactive ketones (excluding diaryl/α,β-unsaturated/α-hetero) is 2. The Morgan fingerprint density at radius 3 is 1.20 bits per heavy atom. The van der Waals surface area contributed by atoms with Crippen LogP contribution in [0.1, 0.15) is 34.6 Å². The van der Waals surface area contributed by atoms with Crippen LogP contribution in [0.25, 0.3) is 53.9 Å². The first-order chi connectivity index (χ1) is 21.6. The van der Waals surface area contributed by atoms with Crippen molar-refractivity contribution in [2.75, 3.05) is 33.8 Å². The topological polar surface area (TPSA) is 112 Å². The van der Waals surface area contributed by atoms with Gasteiger partial charge in [0, 0.05) is 43.1 Å². The van der Waals surface area contributed by atoms with Crippen LogP contribution in [-0.4, -0.2) is 55.6 Å². The number of rotatable bonds is 6. The lowest BCUT2D eigenvalue weighted by atomic mass is 9.87. The van der Waals surface area contributed by atoms with Gasteiger partial charge in [-0.25, -0.2) is 0 Å². The van der Waals surface area contributed by atoms with Gasteiger partial charge in [-0.05, 0) is 61.0 Å². The third kappa shape index (κ3) is 4.94. The fourth-order valence-corrected chi connectivity index (χ4v) is 6.10. The highest BCUT2D eigenvalue weighted by Gasteiger charge is 2.25. The van der Waals surface area contributed by atoms with Crippen molar-refractivity contribution in [3.8, 4) is 34.5 Å². The molecule has 0 bridgehead atoms. The summed E-state index contributed by atoms with van der Waals surface area (Å²) in [6, 6.07) is 14.2. The van der Waals surface area contributed by atoms with Gasteiger partial charge in [-0.3, -0.25) is 9.59 Å². The molecule has 0 aliphatic heterocycles. The molecule has 0 radical (unpaired) electrons. The predicted molar refractivity (Wildman–Crippen MR) is 180 cm³/mol. The van der Waals surface area contributed by atoms with Crippen LogP contribution in [0.3, 0.4) is 0 Å². The van der Waals surface area contributed by atoms with Crippen LogP contribution in [-0.2, 0) is 0 Å². The molecule has 6 aromatic rings. The Labute approximate surface area is 268 Å². The Kier molecular flexibility index (Phi) is 8.74. The summed E-state index contributed by atoms with van der Waals surface area (Å²) in [6.07, 6.45) is 0. The van der Waals surface area contributed by atoms with Crippen molar-refractivity contribution < 1.29 is 38.7 Å². The molecule has 0 spiro atoms. The summed E-state index contributed by atoms with van der Waals surface area (Å²) in [6.45, 7) is 2.76. The second kappa shape index (κ2) is 12.4. The van der Waals surface area contributed by atoms with E-state index < -0.39 is 0 Å². The molecule has 0 unspecified atom stereocenters. The molecule has 0 saturated heterocycles. The van der Waals surface area contributed by atoms with E-state index in [9.17, 15) is 19.8 Å². The number of methoxy groups -OCH3 is 4. The number of fused-ring (bicyclic) bond motifs is 9. The highest BCUT2D eigenvalue weighted by molar-refractivity contribution is 6.40. The molecule has 2 N–H and O–H groups in total. The normalized spacial score (nSPS) is 11.1. The highest BCUT2D eigenvalue weighted by Crippen LogP contribution is 2.51. The summed E-state index contributed by atoms with van der Waals surface area (Å²) in [5, 5.41) is 29.2. The third-order valence-corrected chi connectivity index (χ3v) is 8.01. The maximum atomic E-state index is 12.7. The van der Waals surface area contributed by atoms with Crippen LogP contribution in [0, 0.1) is 0 Å². The fourth-order valence-electron chi connectivity index (χ4n) is 6.10. The van der Waals surface area contributed by atoms with Gasteiger partial charge in [0.1, 0.15) is 34.5 Å². The monoisotopic (exact) mass is 648 g/mol. The number of phenols is 2. The molecule has 0 saturated carbocycles. The number of hydrogen-bond donors (Lipinski definition) is 2. The summed E-state index contributed by atoms with van der Waals surface area (Å²) >= 11 is 9.53. The predicted octanol–water partition coefficient (Wildman–Crippen LogP) is 8.72. The van der Waals surface area contributed by atoms with Crippen molar-refractivity contribution in [3.63, 3.8) is 0 Å². The Hall–Kier alpha value is -4.66. The van der Waals surface area contributed by atoms with Gasteiger partial charge in [-0.2, -0.15) is 0 Å². The smallest absolute Gasteiger partial charge is 0.163 e. The third-order valence-electron chi connectivity index (χ3n) is 8.01. The SMILES string of the molecule is COc1cc(C(C)=O)c(O)c2c1cc(OC)c1ccc3ccc4c(OC)cc5c(OC)cc(C(C)=O)c(O)c5c4c3c12.ClCCl. The maximum Gasteiger partial charge on any atom is 0.163 e. The summed E-state index contributed by atoms with van der Waals surface area (Å²) in [7, 11) is 6.10. The standard InChI is InChI=1S/C34H28O8.CH2Cl2/c1-15(35)20-11-26(41-5)22-13-24(39-3)18-9-7-17-8-10-19-25(40-4)14-23-27(42-6)12-21(16(2)36)34(38)32(23)30(19)28(17)29(18)31(22)33(20)37;2-1-3/h7-14,37-38H,1-6H3;1H2. The number of phenolic OH excluding ortho intramolecular Hbond substituents is 2. The van der Waals surface area contributed by atoms with Crippen LogP contribution in [0.2, 0.25) is 0 Å². The van der Waals surface area contributed by atoms with Crippen molar-refractivity contribution in [3.05, 3.63) is 59.7 Å². The van der Waals surface area contributed by atoms with E-state index in [4.69, 9.17) is 42.1 Å². The van der Waals surface area contributed by atoms with Crippen molar-refractivity contribution in [1.82, 2.24) is 0 Å². The molecule has 0 aromatic heterocycles. The lowest BCUT2D eigenvalue weighted by Crippen LogP contribution is -1.99. The zero-order valence-corrected chi connectivity index (χ0v) is 26.9. The molecular weight excluding hydrogens is 619 g/mol. The number of halogens is 2. The average molecular weight is 650 g/mol. The minimum Gasteiger partial charge on any atom is -0.507 e. The molecule has 0 aliphatic rings. The van der Waals surface area contributed by atoms with Gasteiger partial charge in [0.2, 0.25) is 0 Å². The van der Waals surface area contributed by atoms with Gasteiger partial charge in [-0.1, -0.05) is 12.1 Å². The van der Waals surface area contributed by atoms with Crippen LogP contribution in [0.4, 0.5) is 0 Å². The van der Waals surface area contributed by atoms with Crippen LogP contribution in [0.5, 0.6) is 34.5 Å². The van der Waals surface area contributed by atoms with Crippen molar-refractivity contribution >= 4 is 88.6 Å². The number of alkyl halides is 2. The molecule has 8 nitrogen and oxygen atoms in total. The molecule has 232 valence electrons. The molecule has 0 amide bonds. The maximum absolute atomic E-state index is 12.7. The Morgan fingerprint density at radius 1 is 0.556 bits per heavy atom. The average Bonchev–Trinajstić information content (AvgIpc) is 3.03. The van der Waals surface area contributed by atoms with E-state index in [2.05, 4.69) is 0 Å². The first-order valence-corrected chi connectivity index (χ1v) is 14.8. The zero-order valence-electron chi connectivity index (χ0n) is 25.4. The highest BCUT2D eigenvalue weighted by atomic mass is 35.5. The Bertz CT molecular complexity index is 2040. The van der Waals surface area contributed by atoms with Crippen molar-refractivity contribution in [2.45, 2.75) is 13.8 Å². The lowest BCUT2D eigenvalue weighted by molar-refractivity contribution is 0.100. The van der Waals surface area contributed by atoms with Gasteiger partial charge in [0.05, 0.1) is 44.9 Å². The lowest BCUT2D eigenvalue weighted by Gasteiger charge is -2.20. The van der Waals surface area contributed by atoms with E-state index in [1.165, 1.54) is 40.2 Å². The number of carbonyl (C=O) groups is 2. The molecular formula is C35H30Cl2O8. The summed E-state index contributed by atoms with van der Waals surface area (Å²) in [4.78, 5) is 25.3. The van der Waals surface area contributed by atoms with E-state index in [1.807, 2.05) is 24.3 Å². The fraction of sp³-hybridized carbons (Fsp3) is 0.200. The molecule has 0 atom stereocenters. The van der Waals surface area contributed by atoms with Gasteiger partial charge in [0.25, 0.3) is 0 Å². The summed E-state index contributed by atoms with van der Waals surface area (Å²) in [5.41, 5.74) is 0.211. The Balaban J connectivity index is 0.00000128. The summed E-state index contributed by atoms with van der Waals surface area (Å²) in [5.74, 6) is 0.742. The number of benzene rings is 6. The van der Waals surface area contributed by atoms with Crippen LogP contribution < -0.4 is 18.9 Å². The molecule has 45 heavy (non-hydrogen) atoms. The second-order valence-electron chi connectivity index (χ2n) is 10.2. The van der Waals surface area contributed by atoms with Gasteiger partial charge >= 0.3 is 0 Å². The van der Waals surface area contributed by atoms with E-state index in [1.54, 1.807) is 26.4 Å². The largest absolute Gasteiger partial charge is 0.507 e. The van der Waals surface area contributed by atoms with E-state index in [-0.39, 0.29) is 39.5 Å². The number of hydrogen-bond acceptors (Lipinski definition) is 8. The quantitative estimate of drug-likeness (QED) is 0.105. The zero-order chi connectivity index (χ0) is 32.7. The first-order valence-electron chi connectivity index (χ1n) is 13.7. The van der Waals surface area contributed by atoms with E-state index in [0.717, 1.165) is 5.39 Å². The number of ketones is 2. The Morgan fingerprint density at radius 2 is 0.889 bits per heavy atom. The van der Waals surface area contributed by atoms with Gasteiger partial charge < -0.3 is 29.2 Å². The van der Waals surface area contributed by atoms with Gasteiger partial charge in [-0.15, -0.1) is 23.2 Å². The molecule has 0 heterocycles. The van der Waals surface area contributed by atoms with Gasteiger partial charge in [0.15, 0.2) is 11.6 Å². The molecule has 0 fully saturated rings. The minimum absolute atomic E-state index is 0.105. The van der Waals surface area contributed by atoms with Crippen LogP contribution in [0.15, 0.2) is 48.5 Å². The van der Waals surface area contributed by atoms with Crippen LogP contribution >= 0.6 is 23.2 Å². The molecule has 0 aliphatic carbocycles. The molecule has 6 rings (SSSR count). The second-order valence-corrected chi connectivity index (χ2v) is 11.0. The van der Waals surface area contributed by atoms with Crippen molar-refractivity contribution in [1.29, 1.82) is 0 Å². The number of ether oxygens (including phenoxy) is 4. The van der Waals surface area contributed by atoms with E-state index >= 15 is 0 Å². The van der Waals surface area contributed by atoms with E-state index in [0.29, 0.717) is 71.5 Å².